The zero-order valence-corrected chi connectivity index (χ0v) is 14.8. The average Bonchev–Trinajstić information content (AvgIpc) is 2.66. The van der Waals surface area contributed by atoms with Gasteiger partial charge < -0.3 is 10.1 Å². The molecule has 0 atom stereocenters. The number of carbonyl (C=O) groups is 2. The van der Waals surface area contributed by atoms with E-state index in [-0.39, 0.29) is 23.8 Å². The van der Waals surface area contributed by atoms with Crippen molar-refractivity contribution in [1.82, 2.24) is 15.1 Å². The maximum atomic E-state index is 12.0. The van der Waals surface area contributed by atoms with Gasteiger partial charge in [-0.1, -0.05) is 37.3 Å². The van der Waals surface area contributed by atoms with Crippen LogP contribution in [0.1, 0.15) is 35.8 Å². The van der Waals surface area contributed by atoms with Crippen molar-refractivity contribution in [3.8, 4) is 0 Å². The van der Waals surface area contributed by atoms with Crippen LogP contribution < -0.4 is 10.9 Å². The summed E-state index contributed by atoms with van der Waals surface area (Å²) in [6, 6.07) is 12.6. The van der Waals surface area contributed by atoms with Crippen LogP contribution in [0.3, 0.4) is 0 Å². The van der Waals surface area contributed by atoms with Crippen LogP contribution in [-0.2, 0) is 22.5 Å². The van der Waals surface area contributed by atoms with Crippen molar-refractivity contribution in [2.24, 2.45) is 0 Å². The Bertz CT molecular complexity index is 787. The van der Waals surface area contributed by atoms with Crippen LogP contribution in [0.4, 0.5) is 0 Å². The van der Waals surface area contributed by atoms with Crippen LogP contribution in [0.25, 0.3) is 0 Å². The number of esters is 1. The van der Waals surface area contributed by atoms with Gasteiger partial charge in [-0.25, -0.2) is 9.48 Å². The zero-order valence-electron chi connectivity index (χ0n) is 14.8. The lowest BCUT2D eigenvalue weighted by atomic mass is 10.1. The van der Waals surface area contributed by atoms with Gasteiger partial charge in [-0.2, -0.15) is 5.10 Å². The topological polar surface area (TPSA) is 90.3 Å². The van der Waals surface area contributed by atoms with E-state index in [9.17, 15) is 14.4 Å². The van der Waals surface area contributed by atoms with Gasteiger partial charge in [0, 0.05) is 19.2 Å². The molecule has 0 aliphatic heterocycles. The Balaban J connectivity index is 1.72. The summed E-state index contributed by atoms with van der Waals surface area (Å²) < 4.78 is 6.16. The number of hydrogen-bond donors (Lipinski definition) is 1. The summed E-state index contributed by atoms with van der Waals surface area (Å²) >= 11 is 0. The summed E-state index contributed by atoms with van der Waals surface area (Å²) in [6.45, 7) is 2.45. The SMILES string of the molecule is CCCn1nc(C(=O)OCC(=O)NCCCc2ccccc2)ccc1=O. The number of aromatic nitrogens is 2. The first kappa shape index (κ1) is 19.4. The Morgan fingerprint density at radius 1 is 1.15 bits per heavy atom. The molecule has 1 aromatic heterocycles. The molecule has 1 heterocycles. The molecule has 0 aliphatic carbocycles. The summed E-state index contributed by atoms with van der Waals surface area (Å²) in [5.74, 6) is -1.09. The highest BCUT2D eigenvalue weighted by Crippen LogP contribution is 2.01. The predicted molar refractivity (Wildman–Crippen MR) is 96.8 cm³/mol. The van der Waals surface area contributed by atoms with Gasteiger partial charge >= 0.3 is 5.97 Å². The van der Waals surface area contributed by atoms with Crippen LogP contribution >= 0.6 is 0 Å². The van der Waals surface area contributed by atoms with Crippen LogP contribution in [0.15, 0.2) is 47.3 Å². The number of nitrogens with zero attached hydrogens (tertiary/aromatic N) is 2. The van der Waals surface area contributed by atoms with Gasteiger partial charge in [0.25, 0.3) is 11.5 Å². The highest BCUT2D eigenvalue weighted by atomic mass is 16.5. The lowest BCUT2D eigenvalue weighted by Gasteiger charge is -2.07. The summed E-state index contributed by atoms with van der Waals surface area (Å²) in [5, 5.41) is 6.66. The van der Waals surface area contributed by atoms with Crippen molar-refractivity contribution >= 4 is 11.9 Å². The number of amides is 1. The lowest BCUT2D eigenvalue weighted by Crippen LogP contribution is -2.30. The normalized spacial score (nSPS) is 10.3. The smallest absolute Gasteiger partial charge is 0.359 e. The van der Waals surface area contributed by atoms with E-state index in [1.807, 2.05) is 37.3 Å². The highest BCUT2D eigenvalue weighted by molar-refractivity contribution is 5.89. The molecule has 0 radical (unpaired) electrons. The molecule has 26 heavy (non-hydrogen) atoms. The molecule has 0 fully saturated rings. The van der Waals surface area contributed by atoms with Gasteiger partial charge in [-0.15, -0.1) is 0 Å². The van der Waals surface area contributed by atoms with Crippen molar-refractivity contribution in [2.75, 3.05) is 13.2 Å². The number of rotatable bonds is 9. The molecule has 7 heteroatoms. The zero-order chi connectivity index (χ0) is 18.8. The molecule has 1 aromatic carbocycles. The third kappa shape index (κ3) is 6.16. The second-order valence-corrected chi connectivity index (χ2v) is 5.80. The van der Waals surface area contributed by atoms with Crippen molar-refractivity contribution < 1.29 is 14.3 Å². The van der Waals surface area contributed by atoms with E-state index in [2.05, 4.69) is 10.4 Å². The van der Waals surface area contributed by atoms with Gasteiger partial charge in [0.1, 0.15) is 0 Å². The number of nitrogens with one attached hydrogen (secondary N) is 1. The minimum atomic E-state index is -0.728. The van der Waals surface area contributed by atoms with Gasteiger partial charge in [0.15, 0.2) is 12.3 Å². The Labute approximate surface area is 152 Å². The molecule has 2 aromatic rings. The van der Waals surface area contributed by atoms with E-state index >= 15 is 0 Å². The van der Waals surface area contributed by atoms with Crippen molar-refractivity contribution in [2.45, 2.75) is 32.7 Å². The number of carbonyl (C=O) groups excluding carboxylic acids is 2. The molecule has 0 spiro atoms. The Kier molecular flexibility index (Phi) is 7.54. The van der Waals surface area contributed by atoms with Gasteiger partial charge in [0.05, 0.1) is 0 Å². The lowest BCUT2D eigenvalue weighted by molar-refractivity contribution is -0.124. The molecule has 0 bridgehead atoms. The van der Waals surface area contributed by atoms with Crippen molar-refractivity contribution in [3.05, 3.63) is 64.1 Å². The maximum absolute atomic E-state index is 12.0. The van der Waals surface area contributed by atoms with Crippen LogP contribution in [0, 0.1) is 0 Å². The van der Waals surface area contributed by atoms with E-state index in [0.29, 0.717) is 13.1 Å². The first-order valence-electron chi connectivity index (χ1n) is 8.66. The molecule has 2 rings (SSSR count). The van der Waals surface area contributed by atoms with Crippen LogP contribution in [0.2, 0.25) is 0 Å². The molecule has 0 saturated carbocycles. The predicted octanol–water partition coefficient (Wildman–Crippen LogP) is 1.56. The van der Waals surface area contributed by atoms with Gasteiger partial charge in [-0.3, -0.25) is 9.59 Å². The van der Waals surface area contributed by atoms with E-state index in [1.54, 1.807) is 0 Å². The van der Waals surface area contributed by atoms with E-state index < -0.39 is 5.97 Å². The Morgan fingerprint density at radius 2 is 1.92 bits per heavy atom. The fourth-order valence-electron chi connectivity index (χ4n) is 2.35. The Hall–Kier alpha value is -2.96. The molecular weight excluding hydrogens is 334 g/mol. The molecule has 1 amide bonds. The van der Waals surface area contributed by atoms with Gasteiger partial charge in [-0.05, 0) is 30.9 Å². The molecule has 0 aliphatic rings. The molecule has 7 nitrogen and oxygen atoms in total. The first-order chi connectivity index (χ1) is 12.6. The minimum Gasteiger partial charge on any atom is -0.451 e. The number of aryl methyl sites for hydroxylation is 2. The minimum absolute atomic E-state index is 0.00919. The van der Waals surface area contributed by atoms with E-state index in [4.69, 9.17) is 4.74 Å². The standard InChI is InChI=1S/C19H23N3O4/c1-2-13-22-18(24)11-10-16(21-22)19(25)26-14-17(23)20-12-6-9-15-7-4-3-5-8-15/h3-5,7-8,10-11H,2,6,9,12-14H2,1H3,(H,20,23). The van der Waals surface area contributed by atoms with Crippen molar-refractivity contribution in [1.29, 1.82) is 0 Å². The molecule has 0 unspecified atom stereocenters. The van der Waals surface area contributed by atoms with Gasteiger partial charge in [0.2, 0.25) is 0 Å². The summed E-state index contributed by atoms with van der Waals surface area (Å²) in [7, 11) is 0. The van der Waals surface area contributed by atoms with E-state index in [0.717, 1.165) is 19.3 Å². The summed E-state index contributed by atoms with van der Waals surface area (Å²) in [4.78, 5) is 35.3. The average molecular weight is 357 g/mol. The largest absolute Gasteiger partial charge is 0.451 e. The molecule has 138 valence electrons. The third-order valence-corrected chi connectivity index (χ3v) is 3.65. The quantitative estimate of drug-likeness (QED) is 0.543. The molecule has 1 N–H and O–H groups in total. The maximum Gasteiger partial charge on any atom is 0.359 e. The highest BCUT2D eigenvalue weighted by Gasteiger charge is 2.13. The third-order valence-electron chi connectivity index (χ3n) is 3.65. The molecule has 0 saturated heterocycles. The molecular formula is C19H23N3O4. The number of benzene rings is 1. The van der Waals surface area contributed by atoms with Crippen LogP contribution in [0.5, 0.6) is 0 Å². The Morgan fingerprint density at radius 3 is 2.65 bits per heavy atom. The van der Waals surface area contributed by atoms with Crippen LogP contribution in [-0.4, -0.2) is 34.8 Å². The monoisotopic (exact) mass is 357 g/mol. The summed E-state index contributed by atoms with van der Waals surface area (Å²) in [5.41, 5.74) is 0.941. The van der Waals surface area contributed by atoms with E-state index in [1.165, 1.54) is 22.4 Å². The summed E-state index contributed by atoms with van der Waals surface area (Å²) in [6.07, 6.45) is 2.38. The fourth-order valence-corrected chi connectivity index (χ4v) is 2.35. The second kappa shape index (κ2) is 10.1. The first-order valence-corrected chi connectivity index (χ1v) is 8.66. The number of hydrogen-bond acceptors (Lipinski definition) is 5. The second-order valence-electron chi connectivity index (χ2n) is 5.80. The fraction of sp³-hybridized carbons (Fsp3) is 0.368. The van der Waals surface area contributed by atoms with Crippen molar-refractivity contribution in [3.63, 3.8) is 0 Å². The number of ether oxygens (including phenoxy) is 1.